The van der Waals surface area contributed by atoms with Crippen LogP contribution in [0.25, 0.3) is 0 Å². The second-order valence-electron chi connectivity index (χ2n) is 3.83. The van der Waals surface area contributed by atoms with Crippen LogP contribution in [-0.4, -0.2) is 29.5 Å². The highest BCUT2D eigenvalue weighted by Gasteiger charge is 2.16. The van der Waals surface area contributed by atoms with Crippen LogP contribution in [0.5, 0.6) is 0 Å². The van der Waals surface area contributed by atoms with Gasteiger partial charge in [0.1, 0.15) is 0 Å². The number of hydrogen-bond acceptors (Lipinski definition) is 3. The zero-order valence-corrected chi connectivity index (χ0v) is 10.8. The van der Waals surface area contributed by atoms with Gasteiger partial charge in [-0.1, -0.05) is 13.8 Å². The molecule has 0 amide bonds. The molecule has 0 fully saturated rings. The number of ether oxygens (including phenoxy) is 1. The van der Waals surface area contributed by atoms with E-state index in [1.54, 1.807) is 0 Å². The van der Waals surface area contributed by atoms with E-state index in [0.29, 0.717) is 6.61 Å². The van der Waals surface area contributed by atoms with Crippen molar-refractivity contribution in [1.82, 2.24) is 15.1 Å². The minimum atomic E-state index is 0.258. The van der Waals surface area contributed by atoms with Crippen molar-refractivity contribution in [2.75, 3.05) is 19.8 Å². The SMILES string of the molecule is CCNC(COCC)c1cn(C)nc1CC. The number of aromatic nitrogens is 2. The molecule has 1 unspecified atom stereocenters. The van der Waals surface area contributed by atoms with Crippen LogP contribution in [0, 0.1) is 0 Å². The highest BCUT2D eigenvalue weighted by Crippen LogP contribution is 2.17. The lowest BCUT2D eigenvalue weighted by Gasteiger charge is -2.17. The second-order valence-corrected chi connectivity index (χ2v) is 3.83. The minimum absolute atomic E-state index is 0.258. The second kappa shape index (κ2) is 6.66. The van der Waals surface area contributed by atoms with Crippen molar-refractivity contribution < 1.29 is 4.74 Å². The van der Waals surface area contributed by atoms with E-state index in [-0.39, 0.29) is 6.04 Å². The van der Waals surface area contributed by atoms with E-state index in [4.69, 9.17) is 4.74 Å². The quantitative estimate of drug-likeness (QED) is 0.767. The van der Waals surface area contributed by atoms with Crippen LogP contribution in [0.3, 0.4) is 0 Å². The fourth-order valence-electron chi connectivity index (χ4n) is 1.86. The number of aryl methyl sites for hydroxylation is 2. The van der Waals surface area contributed by atoms with E-state index in [0.717, 1.165) is 25.3 Å². The number of nitrogens with one attached hydrogen (secondary N) is 1. The Bertz CT molecular complexity index is 309. The first kappa shape index (κ1) is 13.2. The van der Waals surface area contributed by atoms with Crippen molar-refractivity contribution in [2.45, 2.75) is 33.2 Å². The summed E-state index contributed by atoms with van der Waals surface area (Å²) in [6, 6.07) is 0.258. The molecule has 0 saturated carbocycles. The summed E-state index contributed by atoms with van der Waals surface area (Å²) in [4.78, 5) is 0. The van der Waals surface area contributed by atoms with Gasteiger partial charge in [0.2, 0.25) is 0 Å². The summed E-state index contributed by atoms with van der Waals surface area (Å²) in [5, 5.41) is 7.90. The predicted molar refractivity (Wildman–Crippen MR) is 65.5 cm³/mol. The topological polar surface area (TPSA) is 39.1 Å². The van der Waals surface area contributed by atoms with Gasteiger partial charge in [0, 0.05) is 25.4 Å². The lowest BCUT2D eigenvalue weighted by Crippen LogP contribution is -2.26. The minimum Gasteiger partial charge on any atom is -0.380 e. The largest absolute Gasteiger partial charge is 0.380 e. The number of likely N-dealkylation sites (N-methyl/N-ethyl adjacent to an activating group) is 1. The van der Waals surface area contributed by atoms with Gasteiger partial charge in [-0.2, -0.15) is 5.10 Å². The Morgan fingerprint density at radius 3 is 2.75 bits per heavy atom. The third kappa shape index (κ3) is 3.32. The van der Waals surface area contributed by atoms with Crippen molar-refractivity contribution in [2.24, 2.45) is 7.05 Å². The van der Waals surface area contributed by atoms with E-state index in [1.165, 1.54) is 5.56 Å². The van der Waals surface area contributed by atoms with E-state index in [9.17, 15) is 0 Å². The number of hydrogen-bond donors (Lipinski definition) is 1. The van der Waals surface area contributed by atoms with Crippen molar-refractivity contribution in [3.8, 4) is 0 Å². The third-order valence-electron chi connectivity index (χ3n) is 2.59. The molecular formula is C12H23N3O. The van der Waals surface area contributed by atoms with Gasteiger partial charge in [-0.3, -0.25) is 4.68 Å². The molecule has 1 aromatic heterocycles. The lowest BCUT2D eigenvalue weighted by atomic mass is 10.1. The molecule has 0 aliphatic rings. The smallest absolute Gasteiger partial charge is 0.0670 e. The van der Waals surface area contributed by atoms with E-state index >= 15 is 0 Å². The van der Waals surface area contributed by atoms with Crippen molar-refractivity contribution >= 4 is 0 Å². The zero-order chi connectivity index (χ0) is 12.0. The van der Waals surface area contributed by atoms with Gasteiger partial charge >= 0.3 is 0 Å². The maximum atomic E-state index is 5.51. The van der Waals surface area contributed by atoms with Crippen LogP contribution < -0.4 is 5.32 Å². The highest BCUT2D eigenvalue weighted by atomic mass is 16.5. The Labute approximate surface area is 98.0 Å². The standard InChI is InChI=1S/C12H23N3O/c1-5-11-10(8-15(4)14-11)12(13-6-2)9-16-7-3/h8,12-13H,5-7,9H2,1-4H3. The Balaban J connectivity index is 2.81. The van der Waals surface area contributed by atoms with Gasteiger partial charge in [0.25, 0.3) is 0 Å². The van der Waals surface area contributed by atoms with Crippen LogP contribution in [0.4, 0.5) is 0 Å². The first-order valence-electron chi connectivity index (χ1n) is 6.06. The first-order chi connectivity index (χ1) is 7.72. The van der Waals surface area contributed by atoms with Crippen LogP contribution in [-0.2, 0) is 18.2 Å². The van der Waals surface area contributed by atoms with Gasteiger partial charge in [-0.25, -0.2) is 0 Å². The summed E-state index contributed by atoms with van der Waals surface area (Å²) in [5.74, 6) is 0. The molecule has 0 aliphatic heterocycles. The Kier molecular flexibility index (Phi) is 5.49. The third-order valence-corrected chi connectivity index (χ3v) is 2.59. The lowest BCUT2D eigenvalue weighted by molar-refractivity contribution is 0.123. The van der Waals surface area contributed by atoms with Crippen molar-refractivity contribution in [1.29, 1.82) is 0 Å². The van der Waals surface area contributed by atoms with Crippen LogP contribution in [0.2, 0.25) is 0 Å². The van der Waals surface area contributed by atoms with E-state index in [2.05, 4.69) is 30.5 Å². The maximum Gasteiger partial charge on any atom is 0.0670 e. The summed E-state index contributed by atoms with van der Waals surface area (Å²) in [7, 11) is 1.96. The molecule has 92 valence electrons. The first-order valence-corrected chi connectivity index (χ1v) is 6.06. The number of rotatable bonds is 7. The van der Waals surface area contributed by atoms with Gasteiger partial charge in [0.15, 0.2) is 0 Å². The molecule has 1 atom stereocenters. The monoisotopic (exact) mass is 225 g/mol. The summed E-state index contributed by atoms with van der Waals surface area (Å²) in [5.41, 5.74) is 2.42. The average molecular weight is 225 g/mol. The van der Waals surface area contributed by atoms with Gasteiger partial charge in [-0.15, -0.1) is 0 Å². The summed E-state index contributed by atoms with van der Waals surface area (Å²) in [6.07, 6.45) is 3.05. The molecule has 0 saturated heterocycles. The Morgan fingerprint density at radius 1 is 1.44 bits per heavy atom. The zero-order valence-electron chi connectivity index (χ0n) is 10.8. The van der Waals surface area contributed by atoms with Gasteiger partial charge in [-0.05, 0) is 19.9 Å². The van der Waals surface area contributed by atoms with Crippen molar-refractivity contribution in [3.05, 3.63) is 17.5 Å². The fraction of sp³-hybridized carbons (Fsp3) is 0.750. The molecule has 4 nitrogen and oxygen atoms in total. The predicted octanol–water partition coefficient (Wildman–Crippen LogP) is 1.67. The van der Waals surface area contributed by atoms with Crippen molar-refractivity contribution in [3.63, 3.8) is 0 Å². The molecule has 0 radical (unpaired) electrons. The van der Waals surface area contributed by atoms with Gasteiger partial charge < -0.3 is 10.1 Å². The van der Waals surface area contributed by atoms with Crippen LogP contribution in [0.1, 0.15) is 38.1 Å². The maximum absolute atomic E-state index is 5.51. The highest BCUT2D eigenvalue weighted by molar-refractivity contribution is 5.21. The molecule has 4 heteroatoms. The summed E-state index contributed by atoms with van der Waals surface area (Å²) in [6.45, 7) is 8.67. The molecule has 16 heavy (non-hydrogen) atoms. The van der Waals surface area contributed by atoms with Gasteiger partial charge in [0.05, 0.1) is 18.3 Å². The average Bonchev–Trinajstić information content (AvgIpc) is 2.65. The Hall–Kier alpha value is -0.870. The molecule has 0 aromatic carbocycles. The molecule has 1 aromatic rings. The number of nitrogens with zero attached hydrogens (tertiary/aromatic N) is 2. The fourth-order valence-corrected chi connectivity index (χ4v) is 1.86. The van der Waals surface area contributed by atoms with Crippen LogP contribution in [0.15, 0.2) is 6.20 Å². The summed E-state index contributed by atoms with van der Waals surface area (Å²) < 4.78 is 7.39. The molecule has 0 spiro atoms. The molecule has 1 N–H and O–H groups in total. The summed E-state index contributed by atoms with van der Waals surface area (Å²) >= 11 is 0. The molecule has 0 bridgehead atoms. The molecule has 1 rings (SSSR count). The molecule has 1 heterocycles. The Morgan fingerprint density at radius 2 is 2.19 bits per heavy atom. The molecule has 0 aliphatic carbocycles. The van der Waals surface area contributed by atoms with Crippen LogP contribution >= 0.6 is 0 Å². The van der Waals surface area contributed by atoms with E-state index < -0.39 is 0 Å². The normalized spacial score (nSPS) is 13.0. The molecular weight excluding hydrogens is 202 g/mol. The van der Waals surface area contributed by atoms with E-state index in [1.807, 2.05) is 18.7 Å².